The van der Waals surface area contributed by atoms with Gasteiger partial charge in [-0.25, -0.2) is 0 Å². The number of halogens is 1. The van der Waals surface area contributed by atoms with E-state index in [-0.39, 0.29) is 23.7 Å². The lowest BCUT2D eigenvalue weighted by atomic mass is 9.69. The van der Waals surface area contributed by atoms with Gasteiger partial charge in [-0.15, -0.1) is 12.4 Å². The minimum Gasteiger partial charge on any atom is -0.454 e. The normalized spacial score (nSPS) is 17.9. The summed E-state index contributed by atoms with van der Waals surface area (Å²) in [5.41, 5.74) is 6.74. The van der Waals surface area contributed by atoms with Crippen LogP contribution in [0.4, 0.5) is 0 Å². The van der Waals surface area contributed by atoms with E-state index in [4.69, 9.17) is 15.2 Å². The van der Waals surface area contributed by atoms with Gasteiger partial charge in [0.2, 0.25) is 12.7 Å². The number of carbonyl (C=O) groups is 1. The zero-order chi connectivity index (χ0) is 16.1. The van der Waals surface area contributed by atoms with Crippen molar-refractivity contribution in [3.8, 4) is 11.5 Å². The summed E-state index contributed by atoms with van der Waals surface area (Å²) in [6, 6.07) is 6.22. The highest BCUT2D eigenvalue weighted by atomic mass is 35.5. The Morgan fingerprint density at radius 1 is 1.17 bits per heavy atom. The lowest BCUT2D eigenvalue weighted by molar-refractivity contribution is -0.121. The summed E-state index contributed by atoms with van der Waals surface area (Å²) in [6.45, 7) is 1.54. The fourth-order valence-corrected chi connectivity index (χ4v) is 3.64. The van der Waals surface area contributed by atoms with Gasteiger partial charge in [0.15, 0.2) is 11.5 Å². The Labute approximate surface area is 149 Å². The molecule has 1 aromatic carbocycles. The monoisotopic (exact) mass is 354 g/mol. The topological polar surface area (TPSA) is 73.6 Å². The van der Waals surface area contributed by atoms with Crippen LogP contribution in [0, 0.1) is 0 Å². The first-order valence-electron chi connectivity index (χ1n) is 8.60. The lowest BCUT2D eigenvalue weighted by Crippen LogP contribution is -2.42. The molecule has 1 heterocycles. The van der Waals surface area contributed by atoms with E-state index in [2.05, 4.69) is 17.4 Å². The molecule has 1 aromatic rings. The Hall–Kier alpha value is -1.46. The van der Waals surface area contributed by atoms with Crippen molar-refractivity contribution >= 4 is 18.3 Å². The summed E-state index contributed by atoms with van der Waals surface area (Å²) in [5, 5.41) is 3.13. The zero-order valence-corrected chi connectivity index (χ0v) is 14.8. The van der Waals surface area contributed by atoms with Gasteiger partial charge in [0.25, 0.3) is 0 Å². The smallest absolute Gasteiger partial charge is 0.231 e. The van der Waals surface area contributed by atoms with Crippen molar-refractivity contribution in [2.24, 2.45) is 5.73 Å². The number of ether oxygens (including phenoxy) is 2. The van der Waals surface area contributed by atoms with Crippen molar-refractivity contribution in [1.82, 2.24) is 5.32 Å². The van der Waals surface area contributed by atoms with Crippen molar-refractivity contribution in [2.75, 3.05) is 19.9 Å². The quantitative estimate of drug-likeness (QED) is 0.823. The number of amides is 1. The predicted octanol–water partition coefficient (Wildman–Crippen LogP) is 2.89. The highest BCUT2D eigenvalue weighted by Crippen LogP contribution is 2.43. The first-order valence-corrected chi connectivity index (χ1v) is 8.60. The average molecular weight is 355 g/mol. The maximum atomic E-state index is 12.0. The number of nitrogens with one attached hydrogen (secondary N) is 1. The zero-order valence-electron chi connectivity index (χ0n) is 14.0. The lowest BCUT2D eigenvalue weighted by Gasteiger charge is -2.38. The van der Waals surface area contributed by atoms with E-state index in [1.165, 1.54) is 24.8 Å². The Morgan fingerprint density at radius 2 is 1.92 bits per heavy atom. The van der Waals surface area contributed by atoms with Crippen LogP contribution >= 0.6 is 12.4 Å². The second kappa shape index (κ2) is 8.58. The third-order valence-electron chi connectivity index (χ3n) is 5.03. The van der Waals surface area contributed by atoms with Crippen LogP contribution in [0.3, 0.4) is 0 Å². The highest BCUT2D eigenvalue weighted by molar-refractivity contribution is 5.85. The molecule has 134 valence electrons. The van der Waals surface area contributed by atoms with Crippen molar-refractivity contribution in [2.45, 2.75) is 50.4 Å². The number of rotatable bonds is 6. The molecule has 1 saturated carbocycles. The molecule has 3 N–H and O–H groups in total. The summed E-state index contributed by atoms with van der Waals surface area (Å²) < 4.78 is 10.9. The minimum atomic E-state index is 0. The van der Waals surface area contributed by atoms with Gasteiger partial charge >= 0.3 is 0 Å². The van der Waals surface area contributed by atoms with Gasteiger partial charge in [0.1, 0.15) is 0 Å². The maximum Gasteiger partial charge on any atom is 0.231 e. The van der Waals surface area contributed by atoms with Crippen LogP contribution in [0.2, 0.25) is 0 Å². The van der Waals surface area contributed by atoms with E-state index < -0.39 is 0 Å². The van der Waals surface area contributed by atoms with E-state index in [0.29, 0.717) is 26.3 Å². The van der Waals surface area contributed by atoms with Crippen LogP contribution in [0.15, 0.2) is 18.2 Å². The number of carbonyl (C=O) groups excluding carboxylic acids is 1. The Balaban J connectivity index is 0.00000208. The Kier molecular flexibility index (Phi) is 6.75. The molecule has 2 aliphatic rings. The second-order valence-electron chi connectivity index (χ2n) is 6.58. The fraction of sp³-hybridized carbons (Fsp3) is 0.611. The van der Waals surface area contributed by atoms with Gasteiger partial charge < -0.3 is 20.5 Å². The van der Waals surface area contributed by atoms with Crippen LogP contribution in [-0.4, -0.2) is 25.8 Å². The van der Waals surface area contributed by atoms with Crippen LogP contribution in [0.25, 0.3) is 0 Å². The third kappa shape index (κ3) is 4.14. The molecule has 0 spiro atoms. The molecular weight excluding hydrogens is 328 g/mol. The largest absolute Gasteiger partial charge is 0.454 e. The first kappa shape index (κ1) is 18.9. The number of nitrogens with two attached hydrogens (primary N) is 1. The van der Waals surface area contributed by atoms with Crippen molar-refractivity contribution in [3.05, 3.63) is 23.8 Å². The van der Waals surface area contributed by atoms with Gasteiger partial charge in [-0.3, -0.25) is 4.79 Å². The molecule has 0 saturated heterocycles. The average Bonchev–Trinajstić information content (AvgIpc) is 3.06. The summed E-state index contributed by atoms with van der Waals surface area (Å²) in [6.07, 6.45) is 7.12. The third-order valence-corrected chi connectivity index (χ3v) is 5.03. The number of fused-ring (bicyclic) bond motifs is 1. The Morgan fingerprint density at radius 3 is 2.67 bits per heavy atom. The van der Waals surface area contributed by atoms with Gasteiger partial charge in [-0.2, -0.15) is 0 Å². The van der Waals surface area contributed by atoms with Gasteiger partial charge in [0, 0.05) is 18.4 Å². The standard InChI is InChI=1S/C18H26N2O3.ClH/c19-10-4-5-17(21)20-12-18(8-2-1-3-9-18)14-6-7-15-16(11-14)23-13-22-15;/h6-7,11H,1-5,8-10,12-13,19H2,(H,20,21);1H. The number of hydrogen-bond donors (Lipinski definition) is 2. The molecule has 0 unspecified atom stereocenters. The summed E-state index contributed by atoms with van der Waals surface area (Å²) in [4.78, 5) is 12.0. The molecule has 1 fully saturated rings. The summed E-state index contributed by atoms with van der Waals surface area (Å²) >= 11 is 0. The van der Waals surface area contributed by atoms with Crippen LogP contribution in [-0.2, 0) is 10.2 Å². The molecule has 1 amide bonds. The molecular formula is C18H27ClN2O3. The number of hydrogen-bond acceptors (Lipinski definition) is 4. The maximum absolute atomic E-state index is 12.0. The SMILES string of the molecule is Cl.NCCCC(=O)NCC1(c2ccc3c(c2)OCO3)CCCCC1. The van der Waals surface area contributed by atoms with Crippen molar-refractivity contribution in [1.29, 1.82) is 0 Å². The predicted molar refractivity (Wildman–Crippen MR) is 95.9 cm³/mol. The highest BCUT2D eigenvalue weighted by Gasteiger charge is 2.35. The van der Waals surface area contributed by atoms with Gasteiger partial charge in [0.05, 0.1) is 0 Å². The molecule has 6 heteroatoms. The van der Waals surface area contributed by atoms with E-state index in [1.807, 2.05) is 6.07 Å². The summed E-state index contributed by atoms with van der Waals surface area (Å²) in [5.74, 6) is 1.73. The van der Waals surface area contributed by atoms with E-state index in [1.54, 1.807) is 0 Å². The molecule has 1 aliphatic heterocycles. The molecule has 24 heavy (non-hydrogen) atoms. The summed E-state index contributed by atoms with van der Waals surface area (Å²) in [7, 11) is 0. The van der Waals surface area contributed by atoms with Crippen molar-refractivity contribution in [3.63, 3.8) is 0 Å². The molecule has 0 aromatic heterocycles. The van der Waals surface area contributed by atoms with Gasteiger partial charge in [-0.1, -0.05) is 25.3 Å². The van der Waals surface area contributed by atoms with Crippen LogP contribution in [0.1, 0.15) is 50.5 Å². The molecule has 5 nitrogen and oxygen atoms in total. The van der Waals surface area contributed by atoms with E-state index in [0.717, 1.165) is 30.8 Å². The first-order chi connectivity index (χ1) is 11.2. The molecule has 0 radical (unpaired) electrons. The molecule has 1 aliphatic carbocycles. The van der Waals surface area contributed by atoms with E-state index in [9.17, 15) is 4.79 Å². The fourth-order valence-electron chi connectivity index (χ4n) is 3.64. The molecule has 3 rings (SSSR count). The minimum absolute atomic E-state index is 0. The van der Waals surface area contributed by atoms with Crippen LogP contribution in [0.5, 0.6) is 11.5 Å². The number of benzene rings is 1. The molecule has 0 atom stereocenters. The van der Waals surface area contributed by atoms with Crippen molar-refractivity contribution < 1.29 is 14.3 Å². The second-order valence-corrected chi connectivity index (χ2v) is 6.58. The molecule has 0 bridgehead atoms. The van der Waals surface area contributed by atoms with Crippen LogP contribution < -0.4 is 20.5 Å². The Bertz CT molecular complexity index is 559. The van der Waals surface area contributed by atoms with E-state index >= 15 is 0 Å². The van der Waals surface area contributed by atoms with Gasteiger partial charge in [-0.05, 0) is 43.5 Å².